The standard InChI is InChI=1S/C21H18BrNO4/c22-16-12-19-20(26-11-10-25-19)13-17(16)23-21(24)9-7-15-6-8-18(27-15)14-4-2-1-3-5-14/h1-6,8,12-13H,7,9-11H2,(H,23,24). The van der Waals surface area contributed by atoms with Gasteiger partial charge in [0.15, 0.2) is 11.5 Å². The summed E-state index contributed by atoms with van der Waals surface area (Å²) in [5, 5.41) is 2.91. The Hall–Kier alpha value is -2.73. The molecule has 1 N–H and O–H groups in total. The summed E-state index contributed by atoms with van der Waals surface area (Å²) in [6.45, 7) is 1.03. The molecule has 0 saturated heterocycles. The molecule has 27 heavy (non-hydrogen) atoms. The van der Waals surface area contributed by atoms with Crippen molar-refractivity contribution in [2.24, 2.45) is 0 Å². The van der Waals surface area contributed by atoms with Crippen molar-refractivity contribution in [3.8, 4) is 22.8 Å². The predicted octanol–water partition coefficient (Wildman–Crippen LogP) is 5.05. The minimum Gasteiger partial charge on any atom is -0.486 e. The summed E-state index contributed by atoms with van der Waals surface area (Å²) in [4.78, 5) is 12.3. The minimum absolute atomic E-state index is 0.0926. The number of anilines is 1. The molecule has 3 aromatic rings. The number of hydrogen-bond donors (Lipinski definition) is 1. The molecule has 2 heterocycles. The first-order valence-corrected chi connectivity index (χ1v) is 9.51. The minimum atomic E-state index is -0.0926. The molecule has 6 heteroatoms. The molecule has 0 radical (unpaired) electrons. The van der Waals surface area contributed by atoms with Gasteiger partial charge in [-0.25, -0.2) is 0 Å². The van der Waals surface area contributed by atoms with E-state index in [1.807, 2.05) is 48.5 Å². The normalized spacial score (nSPS) is 12.6. The van der Waals surface area contributed by atoms with Crippen LogP contribution in [0.25, 0.3) is 11.3 Å². The number of carbonyl (C=O) groups is 1. The lowest BCUT2D eigenvalue weighted by atomic mass is 10.2. The van der Waals surface area contributed by atoms with E-state index >= 15 is 0 Å². The van der Waals surface area contributed by atoms with E-state index < -0.39 is 0 Å². The number of nitrogens with one attached hydrogen (secondary N) is 1. The topological polar surface area (TPSA) is 60.7 Å². The molecule has 1 aliphatic heterocycles. The molecule has 0 aliphatic carbocycles. The van der Waals surface area contributed by atoms with Crippen molar-refractivity contribution < 1.29 is 18.7 Å². The van der Waals surface area contributed by atoms with Crippen molar-refractivity contribution in [3.63, 3.8) is 0 Å². The quantitative estimate of drug-likeness (QED) is 0.618. The lowest BCUT2D eigenvalue weighted by Crippen LogP contribution is -2.17. The number of hydrogen-bond acceptors (Lipinski definition) is 4. The maximum Gasteiger partial charge on any atom is 0.224 e. The zero-order valence-electron chi connectivity index (χ0n) is 14.5. The van der Waals surface area contributed by atoms with Gasteiger partial charge in [-0.3, -0.25) is 4.79 Å². The Labute approximate surface area is 165 Å². The first-order valence-electron chi connectivity index (χ1n) is 8.72. The van der Waals surface area contributed by atoms with Gasteiger partial charge in [-0.1, -0.05) is 30.3 Å². The number of carbonyl (C=O) groups excluding carboxylic acids is 1. The average Bonchev–Trinajstić information content (AvgIpc) is 3.17. The summed E-state index contributed by atoms with van der Waals surface area (Å²) in [5.74, 6) is 2.81. The monoisotopic (exact) mass is 427 g/mol. The van der Waals surface area contributed by atoms with Gasteiger partial charge in [0.05, 0.1) is 5.69 Å². The van der Waals surface area contributed by atoms with Crippen LogP contribution in [-0.2, 0) is 11.2 Å². The molecule has 0 unspecified atom stereocenters. The van der Waals surface area contributed by atoms with Crippen LogP contribution in [0.5, 0.6) is 11.5 Å². The zero-order chi connectivity index (χ0) is 18.6. The van der Waals surface area contributed by atoms with Gasteiger partial charge in [-0.05, 0) is 28.1 Å². The van der Waals surface area contributed by atoms with E-state index in [4.69, 9.17) is 13.9 Å². The number of benzene rings is 2. The molecule has 1 aromatic heterocycles. The van der Waals surface area contributed by atoms with Gasteiger partial charge in [-0.2, -0.15) is 0 Å². The summed E-state index contributed by atoms with van der Waals surface area (Å²) in [6, 6.07) is 17.3. The van der Waals surface area contributed by atoms with E-state index in [1.54, 1.807) is 6.07 Å². The maximum absolute atomic E-state index is 12.3. The Balaban J connectivity index is 1.37. The molecule has 5 nitrogen and oxygen atoms in total. The third-order valence-electron chi connectivity index (χ3n) is 4.22. The third kappa shape index (κ3) is 4.17. The number of ether oxygens (including phenoxy) is 2. The van der Waals surface area contributed by atoms with Gasteiger partial charge >= 0.3 is 0 Å². The zero-order valence-corrected chi connectivity index (χ0v) is 16.1. The average molecular weight is 428 g/mol. The molecular formula is C21H18BrNO4. The van der Waals surface area contributed by atoms with Crippen LogP contribution in [0.1, 0.15) is 12.2 Å². The molecule has 0 saturated carbocycles. The van der Waals surface area contributed by atoms with E-state index in [9.17, 15) is 4.79 Å². The fourth-order valence-electron chi connectivity index (χ4n) is 2.88. The molecule has 0 bridgehead atoms. The first kappa shape index (κ1) is 17.7. The highest BCUT2D eigenvalue weighted by Gasteiger charge is 2.16. The van der Waals surface area contributed by atoms with Crippen LogP contribution in [0.3, 0.4) is 0 Å². The lowest BCUT2D eigenvalue weighted by Gasteiger charge is -2.20. The molecule has 0 spiro atoms. The van der Waals surface area contributed by atoms with Gasteiger partial charge in [0.2, 0.25) is 5.91 Å². The number of amides is 1. The Morgan fingerprint density at radius 3 is 2.52 bits per heavy atom. The Bertz CT molecular complexity index is 952. The van der Waals surface area contributed by atoms with Crippen molar-refractivity contribution in [2.75, 3.05) is 18.5 Å². The Morgan fingerprint density at radius 1 is 1.00 bits per heavy atom. The van der Waals surface area contributed by atoms with Crippen LogP contribution in [0, 0.1) is 0 Å². The van der Waals surface area contributed by atoms with Crippen LogP contribution in [0.2, 0.25) is 0 Å². The van der Waals surface area contributed by atoms with Crippen LogP contribution < -0.4 is 14.8 Å². The van der Waals surface area contributed by atoms with Crippen LogP contribution in [0.4, 0.5) is 5.69 Å². The smallest absolute Gasteiger partial charge is 0.224 e. The number of fused-ring (bicyclic) bond motifs is 1. The second-order valence-corrected chi connectivity index (χ2v) is 7.01. The van der Waals surface area contributed by atoms with Crippen LogP contribution >= 0.6 is 15.9 Å². The molecule has 0 fully saturated rings. The van der Waals surface area contributed by atoms with Gasteiger partial charge in [0.25, 0.3) is 0 Å². The van der Waals surface area contributed by atoms with Gasteiger partial charge < -0.3 is 19.2 Å². The summed E-state index contributed by atoms with van der Waals surface area (Å²) in [7, 11) is 0. The van der Waals surface area contributed by atoms with Crippen molar-refractivity contribution >= 4 is 27.5 Å². The highest BCUT2D eigenvalue weighted by atomic mass is 79.9. The Morgan fingerprint density at radius 2 is 1.74 bits per heavy atom. The van der Waals surface area contributed by atoms with Crippen molar-refractivity contribution in [3.05, 3.63) is 64.8 Å². The molecular weight excluding hydrogens is 410 g/mol. The second-order valence-electron chi connectivity index (χ2n) is 6.16. The highest BCUT2D eigenvalue weighted by molar-refractivity contribution is 9.10. The summed E-state index contributed by atoms with van der Waals surface area (Å²) in [5.41, 5.74) is 1.68. The van der Waals surface area contributed by atoms with Crippen molar-refractivity contribution in [2.45, 2.75) is 12.8 Å². The van der Waals surface area contributed by atoms with E-state index in [0.29, 0.717) is 43.2 Å². The maximum atomic E-state index is 12.3. The van der Waals surface area contributed by atoms with Gasteiger partial charge in [0.1, 0.15) is 24.7 Å². The largest absolute Gasteiger partial charge is 0.486 e. The molecule has 1 aliphatic rings. The van der Waals surface area contributed by atoms with Crippen molar-refractivity contribution in [1.29, 1.82) is 0 Å². The third-order valence-corrected chi connectivity index (χ3v) is 4.88. The van der Waals surface area contributed by atoms with E-state index in [-0.39, 0.29) is 5.91 Å². The number of furan rings is 1. The first-order chi connectivity index (χ1) is 13.2. The number of halogens is 1. The van der Waals surface area contributed by atoms with Crippen molar-refractivity contribution in [1.82, 2.24) is 0 Å². The van der Waals surface area contributed by atoms with Gasteiger partial charge in [0, 0.05) is 35.0 Å². The van der Waals surface area contributed by atoms with Gasteiger partial charge in [-0.15, -0.1) is 0 Å². The van der Waals surface area contributed by atoms with Crippen LogP contribution in [0.15, 0.2) is 63.5 Å². The Kier molecular flexibility index (Phi) is 5.16. The molecule has 0 atom stereocenters. The number of rotatable bonds is 5. The molecule has 2 aromatic carbocycles. The highest BCUT2D eigenvalue weighted by Crippen LogP contribution is 2.38. The predicted molar refractivity (Wildman–Crippen MR) is 106 cm³/mol. The summed E-state index contributed by atoms with van der Waals surface area (Å²) >= 11 is 3.46. The number of aryl methyl sites for hydroxylation is 1. The van der Waals surface area contributed by atoms with E-state index in [1.165, 1.54) is 0 Å². The molecule has 4 rings (SSSR count). The molecule has 1 amide bonds. The lowest BCUT2D eigenvalue weighted by molar-refractivity contribution is -0.116. The van der Waals surface area contributed by atoms with E-state index in [2.05, 4.69) is 21.2 Å². The fraction of sp³-hybridized carbons (Fsp3) is 0.190. The fourth-order valence-corrected chi connectivity index (χ4v) is 3.30. The SMILES string of the molecule is O=C(CCc1ccc(-c2ccccc2)o1)Nc1cc2c(cc1Br)OCCO2. The summed E-state index contributed by atoms with van der Waals surface area (Å²) < 4.78 is 17.7. The van der Waals surface area contributed by atoms with Crippen LogP contribution in [-0.4, -0.2) is 19.1 Å². The second kappa shape index (κ2) is 7.88. The summed E-state index contributed by atoms with van der Waals surface area (Å²) in [6.07, 6.45) is 0.851. The van der Waals surface area contributed by atoms with E-state index in [0.717, 1.165) is 21.6 Å². The molecule has 138 valence electrons.